The molecule has 1 N–H and O–H groups in total. The molecular weight excluding hydrogens is 302 g/mol. The molecule has 1 aromatic carbocycles. The number of nitrogens with one attached hydrogen (secondary N) is 1. The van der Waals surface area contributed by atoms with Gasteiger partial charge in [-0.05, 0) is 24.2 Å². The number of hydrogen-bond acceptors (Lipinski definition) is 4. The summed E-state index contributed by atoms with van der Waals surface area (Å²) in [4.78, 5) is 13.3. The van der Waals surface area contributed by atoms with Gasteiger partial charge in [0.05, 0.1) is 4.90 Å². The molecule has 0 radical (unpaired) electrons. The Morgan fingerprint density at radius 2 is 1.73 bits per heavy atom. The zero-order chi connectivity index (χ0) is 16.2. The van der Waals surface area contributed by atoms with E-state index >= 15 is 0 Å². The van der Waals surface area contributed by atoms with Crippen LogP contribution in [0.5, 0.6) is 0 Å². The average molecular weight is 325 g/mol. The van der Waals surface area contributed by atoms with Crippen LogP contribution in [0.3, 0.4) is 0 Å². The summed E-state index contributed by atoms with van der Waals surface area (Å²) in [7, 11) is -3.47. The second kappa shape index (κ2) is 7.21. The van der Waals surface area contributed by atoms with Crippen molar-refractivity contribution in [2.45, 2.75) is 25.3 Å². The molecule has 1 aliphatic rings. The van der Waals surface area contributed by atoms with Gasteiger partial charge in [-0.15, -0.1) is 0 Å². The van der Waals surface area contributed by atoms with Crippen LogP contribution in [0.4, 0.5) is 0 Å². The van der Waals surface area contributed by atoms with E-state index in [4.69, 9.17) is 0 Å². The van der Waals surface area contributed by atoms with Crippen molar-refractivity contribution in [3.8, 4) is 0 Å². The van der Waals surface area contributed by atoms with Crippen LogP contribution in [-0.4, -0.2) is 56.3 Å². The Hall–Kier alpha value is -1.44. The van der Waals surface area contributed by atoms with Gasteiger partial charge in [-0.3, -0.25) is 4.79 Å². The Bertz CT molecular complexity index is 605. The van der Waals surface area contributed by atoms with Crippen LogP contribution in [0.25, 0.3) is 0 Å². The van der Waals surface area contributed by atoms with Crippen molar-refractivity contribution in [1.29, 1.82) is 0 Å². The number of nitrogens with zero attached hydrogens (tertiary/aromatic N) is 2. The van der Waals surface area contributed by atoms with Crippen molar-refractivity contribution >= 4 is 15.9 Å². The summed E-state index contributed by atoms with van der Waals surface area (Å²) in [6, 6.07) is 6.97. The Morgan fingerprint density at radius 1 is 1.14 bits per heavy atom. The van der Waals surface area contributed by atoms with Crippen LogP contribution in [-0.2, 0) is 21.4 Å². The minimum Gasteiger partial charge on any atom is -0.340 e. The van der Waals surface area contributed by atoms with E-state index in [0.717, 1.165) is 18.7 Å². The van der Waals surface area contributed by atoms with Crippen LogP contribution >= 0.6 is 0 Å². The topological polar surface area (TPSA) is 69.7 Å². The molecule has 0 spiro atoms. The highest BCUT2D eigenvalue weighted by atomic mass is 32.2. The third kappa shape index (κ3) is 3.85. The third-order valence-corrected chi connectivity index (χ3v) is 5.74. The van der Waals surface area contributed by atoms with E-state index in [1.165, 1.54) is 11.2 Å². The van der Waals surface area contributed by atoms with Crippen molar-refractivity contribution in [1.82, 2.24) is 14.5 Å². The lowest BCUT2D eigenvalue weighted by molar-refractivity contribution is -0.129. The molecule has 0 aromatic heterocycles. The maximum absolute atomic E-state index is 12.6. The average Bonchev–Trinajstić information content (AvgIpc) is 2.53. The highest BCUT2D eigenvalue weighted by Gasteiger charge is 2.29. The van der Waals surface area contributed by atoms with Crippen LogP contribution in [0, 0.1) is 0 Å². The lowest BCUT2D eigenvalue weighted by Gasteiger charge is -2.33. The Kier molecular flexibility index (Phi) is 5.55. The van der Waals surface area contributed by atoms with Crippen molar-refractivity contribution in [2.24, 2.45) is 0 Å². The van der Waals surface area contributed by atoms with E-state index in [-0.39, 0.29) is 5.91 Å². The summed E-state index contributed by atoms with van der Waals surface area (Å²) < 4.78 is 26.6. The van der Waals surface area contributed by atoms with Crippen LogP contribution in [0.2, 0.25) is 0 Å². The minimum atomic E-state index is -3.47. The Balaban J connectivity index is 2.06. The lowest BCUT2D eigenvalue weighted by Crippen LogP contribution is -2.49. The predicted octanol–water partition coefficient (Wildman–Crippen LogP) is 0.649. The first-order valence-corrected chi connectivity index (χ1v) is 8.94. The largest absolute Gasteiger partial charge is 0.340 e. The summed E-state index contributed by atoms with van der Waals surface area (Å²) in [6.45, 7) is 6.74. The molecular formula is C15H23N3O3S. The van der Waals surface area contributed by atoms with Crippen LogP contribution in [0.1, 0.15) is 19.4 Å². The standard InChI is InChI=1S/C15H23N3O3S/c1-3-16-12-14-4-6-15(7-5-14)22(20,21)18-10-8-17(9-11-18)13(2)19/h4-7,16H,3,8-12H2,1-2H3. The second-order valence-electron chi connectivity index (χ2n) is 5.33. The van der Waals surface area contributed by atoms with Gasteiger partial charge in [0.1, 0.15) is 0 Å². The molecule has 6 nitrogen and oxygen atoms in total. The summed E-state index contributed by atoms with van der Waals surface area (Å²) in [6.07, 6.45) is 0. The van der Waals surface area contributed by atoms with E-state index in [1.807, 2.05) is 19.1 Å². The molecule has 1 fully saturated rings. The molecule has 122 valence electrons. The number of hydrogen-bond donors (Lipinski definition) is 1. The number of amides is 1. The van der Waals surface area contributed by atoms with Gasteiger partial charge in [-0.1, -0.05) is 19.1 Å². The zero-order valence-corrected chi connectivity index (χ0v) is 13.9. The predicted molar refractivity (Wildman–Crippen MR) is 84.8 cm³/mol. The van der Waals surface area contributed by atoms with Gasteiger partial charge >= 0.3 is 0 Å². The summed E-state index contributed by atoms with van der Waals surface area (Å²) in [5.41, 5.74) is 1.06. The van der Waals surface area contributed by atoms with Crippen LogP contribution < -0.4 is 5.32 Å². The SMILES string of the molecule is CCNCc1ccc(S(=O)(=O)N2CCN(C(C)=O)CC2)cc1. The smallest absolute Gasteiger partial charge is 0.243 e. The van der Waals surface area contributed by atoms with E-state index in [0.29, 0.717) is 31.1 Å². The van der Waals surface area contributed by atoms with Gasteiger partial charge in [-0.25, -0.2) is 8.42 Å². The maximum atomic E-state index is 12.6. The van der Waals surface area contributed by atoms with Crippen molar-refractivity contribution in [2.75, 3.05) is 32.7 Å². The molecule has 1 aromatic rings. The van der Waals surface area contributed by atoms with Crippen molar-refractivity contribution in [3.63, 3.8) is 0 Å². The highest BCUT2D eigenvalue weighted by molar-refractivity contribution is 7.89. The monoisotopic (exact) mass is 325 g/mol. The minimum absolute atomic E-state index is 0.00942. The molecule has 1 saturated heterocycles. The van der Waals surface area contributed by atoms with E-state index < -0.39 is 10.0 Å². The van der Waals surface area contributed by atoms with Gasteiger partial charge in [0, 0.05) is 39.6 Å². The van der Waals surface area contributed by atoms with E-state index in [1.54, 1.807) is 17.0 Å². The van der Waals surface area contributed by atoms with E-state index in [2.05, 4.69) is 5.32 Å². The van der Waals surface area contributed by atoms with Crippen molar-refractivity contribution in [3.05, 3.63) is 29.8 Å². The molecule has 1 heterocycles. The first kappa shape index (κ1) is 16.9. The fourth-order valence-electron chi connectivity index (χ4n) is 2.44. The summed E-state index contributed by atoms with van der Waals surface area (Å²) in [5, 5.41) is 3.20. The molecule has 2 rings (SSSR count). The third-order valence-electron chi connectivity index (χ3n) is 3.82. The second-order valence-corrected chi connectivity index (χ2v) is 7.27. The molecule has 0 bridgehead atoms. The molecule has 22 heavy (non-hydrogen) atoms. The zero-order valence-electron chi connectivity index (χ0n) is 13.1. The normalized spacial score (nSPS) is 16.7. The molecule has 0 saturated carbocycles. The first-order valence-electron chi connectivity index (χ1n) is 7.50. The number of sulfonamides is 1. The van der Waals surface area contributed by atoms with Gasteiger partial charge in [0.2, 0.25) is 15.9 Å². The fourth-order valence-corrected chi connectivity index (χ4v) is 3.86. The van der Waals surface area contributed by atoms with Gasteiger partial charge < -0.3 is 10.2 Å². The molecule has 7 heteroatoms. The molecule has 0 atom stereocenters. The number of carbonyl (C=O) groups is 1. The maximum Gasteiger partial charge on any atom is 0.243 e. The van der Waals surface area contributed by atoms with Gasteiger partial charge in [-0.2, -0.15) is 4.31 Å². The first-order chi connectivity index (χ1) is 10.4. The van der Waals surface area contributed by atoms with Crippen LogP contribution in [0.15, 0.2) is 29.2 Å². The molecule has 0 aliphatic carbocycles. The van der Waals surface area contributed by atoms with Gasteiger partial charge in [0.25, 0.3) is 0 Å². The summed E-state index contributed by atoms with van der Waals surface area (Å²) in [5.74, 6) is -0.00942. The number of carbonyl (C=O) groups excluding carboxylic acids is 1. The highest BCUT2D eigenvalue weighted by Crippen LogP contribution is 2.18. The lowest BCUT2D eigenvalue weighted by atomic mass is 10.2. The number of rotatable bonds is 5. The number of piperazine rings is 1. The number of benzene rings is 1. The molecule has 1 aliphatic heterocycles. The molecule has 0 unspecified atom stereocenters. The molecule has 1 amide bonds. The van der Waals surface area contributed by atoms with E-state index in [9.17, 15) is 13.2 Å². The Morgan fingerprint density at radius 3 is 2.23 bits per heavy atom. The van der Waals surface area contributed by atoms with Gasteiger partial charge in [0.15, 0.2) is 0 Å². The van der Waals surface area contributed by atoms with Crippen molar-refractivity contribution < 1.29 is 13.2 Å². The quantitative estimate of drug-likeness (QED) is 0.863. The summed E-state index contributed by atoms with van der Waals surface area (Å²) >= 11 is 0. The Labute approximate surface area is 132 Å². The fraction of sp³-hybridized carbons (Fsp3) is 0.533.